The highest BCUT2D eigenvalue weighted by Gasteiger charge is 2.30. The van der Waals surface area contributed by atoms with E-state index in [9.17, 15) is 9.59 Å². The van der Waals surface area contributed by atoms with Crippen LogP contribution in [0.4, 0.5) is 5.13 Å². The number of fused-ring (bicyclic) bond motifs is 1. The highest BCUT2D eigenvalue weighted by molar-refractivity contribution is 8.19. The van der Waals surface area contributed by atoms with Crippen LogP contribution in [0, 0.1) is 0 Å². The maximum absolute atomic E-state index is 13.5. The molecule has 0 radical (unpaired) electrons. The number of thiazole rings is 1. The van der Waals surface area contributed by atoms with Crippen LogP contribution in [0.25, 0.3) is 27.6 Å². The van der Waals surface area contributed by atoms with Gasteiger partial charge in [0.1, 0.15) is 32.6 Å². The third-order valence-electron chi connectivity index (χ3n) is 6.58. The summed E-state index contributed by atoms with van der Waals surface area (Å²) in [6, 6.07) is 22.0. The summed E-state index contributed by atoms with van der Waals surface area (Å²) in [7, 11) is 4.77. The molecule has 0 spiro atoms. The van der Waals surface area contributed by atoms with E-state index in [1.54, 1.807) is 57.9 Å². The van der Waals surface area contributed by atoms with Crippen molar-refractivity contribution in [3.63, 3.8) is 0 Å². The first-order valence-electron chi connectivity index (χ1n) is 13.2. The van der Waals surface area contributed by atoms with Crippen LogP contribution in [-0.4, -0.2) is 43.5 Å². The molecule has 12 heteroatoms. The minimum absolute atomic E-state index is 0.139. The van der Waals surface area contributed by atoms with Gasteiger partial charge in [0.15, 0.2) is 0 Å². The molecule has 10 nitrogen and oxygen atoms in total. The van der Waals surface area contributed by atoms with E-state index in [1.807, 2.05) is 48.5 Å². The van der Waals surface area contributed by atoms with Crippen molar-refractivity contribution >= 4 is 61.9 Å². The van der Waals surface area contributed by atoms with Crippen LogP contribution in [0.5, 0.6) is 17.2 Å². The molecule has 1 N–H and O–H groups in total. The molecule has 6 rings (SSSR count). The largest absolute Gasteiger partial charge is 0.497 e. The first-order chi connectivity index (χ1) is 21.4. The number of methoxy groups -OCH3 is 3. The highest BCUT2D eigenvalue weighted by atomic mass is 32.2. The van der Waals surface area contributed by atoms with Crippen LogP contribution in [0.2, 0.25) is 0 Å². The molecule has 0 saturated carbocycles. The quantitative estimate of drug-likeness (QED) is 0.112. The summed E-state index contributed by atoms with van der Waals surface area (Å²) < 4.78 is 22.0. The van der Waals surface area contributed by atoms with E-state index >= 15 is 0 Å². The topological polar surface area (TPSA) is 125 Å². The van der Waals surface area contributed by atoms with Gasteiger partial charge in [0, 0.05) is 5.56 Å². The smallest absolute Gasteiger partial charge is 0.348 e. The minimum atomic E-state index is -0.661. The van der Waals surface area contributed by atoms with Gasteiger partial charge < -0.3 is 18.6 Å². The Bertz CT molecular complexity index is 1990. The Morgan fingerprint density at radius 2 is 1.39 bits per heavy atom. The lowest BCUT2D eigenvalue weighted by molar-refractivity contribution is -0.113. The van der Waals surface area contributed by atoms with Gasteiger partial charge in [-0.25, -0.2) is 9.79 Å². The number of hydrogen-bond donors (Lipinski definition) is 1. The molecule has 5 aromatic rings. The van der Waals surface area contributed by atoms with Gasteiger partial charge in [-0.15, -0.1) is 0 Å². The van der Waals surface area contributed by atoms with E-state index in [-0.39, 0.29) is 16.3 Å². The van der Waals surface area contributed by atoms with Crippen molar-refractivity contribution in [1.82, 2.24) is 4.98 Å². The first-order valence-corrected chi connectivity index (χ1v) is 14.8. The monoisotopic (exact) mass is 624 g/mol. The fourth-order valence-corrected chi connectivity index (χ4v) is 6.25. The van der Waals surface area contributed by atoms with Crippen molar-refractivity contribution in [2.24, 2.45) is 10.1 Å². The molecule has 0 bridgehead atoms. The van der Waals surface area contributed by atoms with Crippen LogP contribution in [0.1, 0.15) is 16.7 Å². The zero-order chi connectivity index (χ0) is 30.6. The van der Waals surface area contributed by atoms with Crippen molar-refractivity contribution < 1.29 is 23.4 Å². The Labute approximate surface area is 259 Å². The molecule has 0 aliphatic carbocycles. The van der Waals surface area contributed by atoms with Crippen LogP contribution in [-0.2, 0) is 4.79 Å². The fraction of sp³-hybridized carbons (Fsp3) is 0.0938. The third-order valence-corrected chi connectivity index (χ3v) is 8.54. The molecule has 0 unspecified atom stereocenters. The number of amides is 1. The lowest BCUT2D eigenvalue weighted by Gasteiger charge is -2.09. The van der Waals surface area contributed by atoms with E-state index in [0.29, 0.717) is 37.4 Å². The van der Waals surface area contributed by atoms with Gasteiger partial charge in [-0.3, -0.25) is 10.2 Å². The van der Waals surface area contributed by atoms with E-state index < -0.39 is 11.5 Å². The van der Waals surface area contributed by atoms with Gasteiger partial charge in [-0.2, -0.15) is 10.1 Å². The van der Waals surface area contributed by atoms with Crippen molar-refractivity contribution in [1.29, 1.82) is 0 Å². The zero-order valence-electron chi connectivity index (χ0n) is 23.7. The number of hydrazone groups is 1. The number of carbonyl (C=O) groups is 1. The minimum Gasteiger partial charge on any atom is -0.497 e. The molecule has 1 amide bonds. The van der Waals surface area contributed by atoms with Gasteiger partial charge in [0.25, 0.3) is 5.91 Å². The van der Waals surface area contributed by atoms with E-state index in [0.717, 1.165) is 28.6 Å². The average molecular weight is 625 g/mol. The summed E-state index contributed by atoms with van der Waals surface area (Å²) in [6.45, 7) is 0. The Hall–Kier alpha value is -5.20. The number of anilines is 1. The number of nitrogens with one attached hydrogen (secondary N) is 1. The van der Waals surface area contributed by atoms with Gasteiger partial charge in [-0.1, -0.05) is 47.4 Å². The van der Waals surface area contributed by atoms with Crippen LogP contribution in [0.15, 0.2) is 97.0 Å². The highest BCUT2D eigenvalue weighted by Crippen LogP contribution is 2.41. The number of rotatable bonds is 9. The number of aliphatic imine (C=N–C) groups is 1. The number of hydrogen-bond acceptors (Lipinski definition) is 11. The second-order valence-corrected chi connectivity index (χ2v) is 11.3. The second-order valence-electron chi connectivity index (χ2n) is 9.27. The average Bonchev–Trinajstić information content (AvgIpc) is 3.62. The molecule has 0 fully saturated rings. The molecular formula is C32H24N4O6S2. The van der Waals surface area contributed by atoms with Crippen molar-refractivity contribution in [3.05, 3.63) is 105 Å². The summed E-state index contributed by atoms with van der Waals surface area (Å²) in [5.41, 5.74) is 5.48. The van der Waals surface area contributed by atoms with Gasteiger partial charge in [-0.05, 0) is 71.3 Å². The van der Waals surface area contributed by atoms with E-state index in [1.165, 1.54) is 11.3 Å². The molecule has 1 aliphatic rings. The lowest BCUT2D eigenvalue weighted by atomic mass is 10.0. The standard InChI is InChI=1S/C32H24N4O6S2/c1-39-21-10-4-18(5-11-21)16-24-28(37)34-30(43-24)26-25(20-8-14-23(41-3)15-9-20)27-29(42-31(26)38)35-32(44-27)36-33-17-19-6-12-22(40-2)13-7-19/h4-17H,1-3H3,(H,35,36)/b24-16+,33-17+. The summed E-state index contributed by atoms with van der Waals surface area (Å²) in [6.07, 6.45) is 3.37. The molecule has 2 aromatic heterocycles. The number of carbonyl (C=O) groups excluding carboxylic acids is 1. The SMILES string of the molecule is COc1ccc(/C=N/Nc2nc3oc(=O)c(C4=NC(=O)/C(=C\c5ccc(OC)cc5)S4)c(-c4ccc(OC)cc4)c3s2)cc1. The van der Waals surface area contributed by atoms with Gasteiger partial charge >= 0.3 is 5.63 Å². The first kappa shape index (κ1) is 28.9. The molecule has 3 aromatic carbocycles. The maximum atomic E-state index is 13.5. The van der Waals surface area contributed by atoms with Crippen LogP contribution < -0.4 is 25.3 Å². The van der Waals surface area contributed by atoms with Crippen molar-refractivity contribution in [2.45, 2.75) is 0 Å². The molecule has 220 valence electrons. The molecule has 3 heterocycles. The molecular weight excluding hydrogens is 601 g/mol. The normalized spacial score (nSPS) is 13.9. The summed E-state index contributed by atoms with van der Waals surface area (Å²) in [5.74, 6) is 1.66. The van der Waals surface area contributed by atoms with Crippen molar-refractivity contribution in [3.8, 4) is 28.4 Å². The van der Waals surface area contributed by atoms with E-state index in [4.69, 9.17) is 18.6 Å². The molecule has 0 saturated heterocycles. The Morgan fingerprint density at radius 3 is 2.00 bits per heavy atom. The van der Waals surface area contributed by atoms with Crippen LogP contribution in [0.3, 0.4) is 0 Å². The Balaban J connectivity index is 1.38. The summed E-state index contributed by atoms with van der Waals surface area (Å²) >= 11 is 2.38. The predicted octanol–water partition coefficient (Wildman–Crippen LogP) is 6.45. The Morgan fingerprint density at radius 1 is 0.795 bits per heavy atom. The van der Waals surface area contributed by atoms with Gasteiger partial charge in [0.2, 0.25) is 10.8 Å². The zero-order valence-corrected chi connectivity index (χ0v) is 25.3. The molecule has 0 atom stereocenters. The number of ether oxygens (including phenoxy) is 3. The number of benzene rings is 3. The predicted molar refractivity (Wildman–Crippen MR) is 174 cm³/mol. The third kappa shape index (κ3) is 5.98. The van der Waals surface area contributed by atoms with Crippen LogP contribution >= 0.6 is 23.1 Å². The van der Waals surface area contributed by atoms with E-state index in [2.05, 4.69) is 20.5 Å². The molecule has 44 heavy (non-hydrogen) atoms. The summed E-state index contributed by atoms with van der Waals surface area (Å²) in [5, 5.41) is 4.95. The Kier molecular flexibility index (Phi) is 8.26. The number of thioether (sulfide) groups is 1. The second kappa shape index (κ2) is 12.6. The molecule has 1 aliphatic heterocycles. The maximum Gasteiger partial charge on any atom is 0.348 e. The lowest BCUT2D eigenvalue weighted by Crippen LogP contribution is -2.13. The summed E-state index contributed by atoms with van der Waals surface area (Å²) in [4.78, 5) is 35.6. The number of nitrogens with zero attached hydrogens (tertiary/aromatic N) is 3. The van der Waals surface area contributed by atoms with Gasteiger partial charge in [0.05, 0.1) is 32.4 Å². The van der Waals surface area contributed by atoms with Crippen molar-refractivity contribution in [2.75, 3.05) is 26.8 Å². The number of aromatic nitrogens is 1. The fourth-order valence-electron chi connectivity index (χ4n) is 4.38.